The highest BCUT2D eigenvalue weighted by Crippen LogP contribution is 2.29. The maximum atomic E-state index is 12.7. The van der Waals surface area contributed by atoms with E-state index in [1.54, 1.807) is 31.4 Å². The fourth-order valence-corrected chi connectivity index (χ4v) is 5.22. The van der Waals surface area contributed by atoms with Crippen LogP contribution in [0, 0.1) is 6.92 Å². The molecule has 2 N–H and O–H groups in total. The van der Waals surface area contributed by atoms with Crippen molar-refractivity contribution in [1.29, 1.82) is 0 Å². The molecule has 1 fully saturated rings. The molecule has 1 unspecified atom stereocenters. The molecule has 2 aliphatic rings. The summed E-state index contributed by atoms with van der Waals surface area (Å²) in [5.74, 6) is -0.0163. The van der Waals surface area contributed by atoms with Gasteiger partial charge in [0.1, 0.15) is 11.0 Å². The number of hydrogen-bond donors (Lipinski definition) is 2. The molecule has 0 radical (unpaired) electrons. The lowest BCUT2D eigenvalue weighted by molar-refractivity contribution is -0.121. The number of nitrogens with one attached hydrogen (secondary N) is 2. The predicted octanol–water partition coefficient (Wildman–Crippen LogP) is 3.75. The van der Waals surface area contributed by atoms with Crippen molar-refractivity contribution in [3.05, 3.63) is 59.2 Å². The number of thioether (sulfide) groups is 1. The topological polar surface area (TPSA) is 100 Å². The van der Waals surface area contributed by atoms with Crippen LogP contribution in [0.2, 0.25) is 0 Å². The van der Waals surface area contributed by atoms with Crippen molar-refractivity contribution in [2.45, 2.75) is 44.4 Å². The number of benzene rings is 2. The van der Waals surface area contributed by atoms with Crippen LogP contribution >= 0.6 is 11.8 Å². The van der Waals surface area contributed by atoms with Gasteiger partial charge in [-0.25, -0.2) is 0 Å². The second-order valence-electron chi connectivity index (χ2n) is 8.71. The SMILES string of the molecule is COc1cc(CNC(=O)c2cccc(NC(=O)CC3SC(N4CCCCC4)=NC3=O)c2)ccc1C. The first-order valence-electron chi connectivity index (χ1n) is 11.8. The Hall–Kier alpha value is -3.33. The zero-order chi connectivity index (χ0) is 24.8. The summed E-state index contributed by atoms with van der Waals surface area (Å²) in [5, 5.41) is 5.92. The number of ether oxygens (including phenoxy) is 1. The Kier molecular flexibility index (Phi) is 8.07. The van der Waals surface area contributed by atoms with E-state index in [0.29, 0.717) is 17.8 Å². The molecule has 4 rings (SSSR count). The van der Waals surface area contributed by atoms with Crippen LogP contribution in [0.4, 0.5) is 5.69 Å². The van der Waals surface area contributed by atoms with Crippen molar-refractivity contribution >= 4 is 40.3 Å². The highest BCUT2D eigenvalue weighted by atomic mass is 32.2. The quantitative estimate of drug-likeness (QED) is 0.608. The number of hydrogen-bond acceptors (Lipinski definition) is 6. The molecule has 0 aliphatic carbocycles. The normalized spacial score (nSPS) is 17.7. The van der Waals surface area contributed by atoms with Gasteiger partial charge in [-0.3, -0.25) is 14.4 Å². The Morgan fingerprint density at radius 2 is 1.94 bits per heavy atom. The first kappa shape index (κ1) is 24.8. The van der Waals surface area contributed by atoms with E-state index >= 15 is 0 Å². The van der Waals surface area contributed by atoms with Crippen molar-refractivity contribution < 1.29 is 19.1 Å². The van der Waals surface area contributed by atoms with E-state index in [9.17, 15) is 14.4 Å². The number of anilines is 1. The minimum atomic E-state index is -0.509. The molecule has 8 nitrogen and oxygen atoms in total. The number of amides is 3. The number of carbonyl (C=O) groups is 3. The van der Waals surface area contributed by atoms with Crippen molar-refractivity contribution in [2.24, 2.45) is 4.99 Å². The number of likely N-dealkylation sites (tertiary alicyclic amines) is 1. The number of methoxy groups -OCH3 is 1. The second-order valence-corrected chi connectivity index (χ2v) is 9.88. The van der Waals surface area contributed by atoms with Gasteiger partial charge in [-0.15, -0.1) is 0 Å². The van der Waals surface area contributed by atoms with Crippen LogP contribution in [0.25, 0.3) is 0 Å². The third-order valence-electron chi connectivity index (χ3n) is 6.06. The van der Waals surface area contributed by atoms with Gasteiger partial charge in [-0.05, 0) is 61.6 Å². The number of aryl methyl sites for hydroxylation is 1. The number of nitrogens with zero attached hydrogens (tertiary/aromatic N) is 2. The van der Waals surface area contributed by atoms with E-state index < -0.39 is 5.25 Å². The van der Waals surface area contributed by atoms with Crippen LogP contribution in [0.15, 0.2) is 47.5 Å². The van der Waals surface area contributed by atoms with Gasteiger partial charge in [0.25, 0.3) is 11.8 Å². The molecule has 9 heteroatoms. The molecule has 0 saturated carbocycles. The van der Waals surface area contributed by atoms with Gasteiger partial charge in [0.15, 0.2) is 5.17 Å². The summed E-state index contributed by atoms with van der Waals surface area (Å²) in [6.07, 6.45) is 3.44. The van der Waals surface area contributed by atoms with E-state index in [1.165, 1.54) is 18.2 Å². The Balaban J connectivity index is 1.29. The van der Waals surface area contributed by atoms with Crippen molar-refractivity contribution in [1.82, 2.24) is 10.2 Å². The Labute approximate surface area is 209 Å². The zero-order valence-electron chi connectivity index (χ0n) is 20.0. The van der Waals surface area contributed by atoms with Crippen molar-refractivity contribution in [3.8, 4) is 5.75 Å². The Morgan fingerprint density at radius 1 is 1.14 bits per heavy atom. The number of amidine groups is 1. The van der Waals surface area contributed by atoms with Gasteiger partial charge >= 0.3 is 0 Å². The molecule has 1 atom stereocenters. The maximum Gasteiger partial charge on any atom is 0.262 e. The van der Waals surface area contributed by atoms with E-state index in [4.69, 9.17) is 4.74 Å². The standard InChI is InChI=1S/C26H30N4O4S/c1-17-9-10-18(13-21(17)34-2)16-27-24(32)19-7-6-8-20(14-19)28-23(31)15-22-25(33)29-26(35-22)30-11-4-3-5-12-30/h6-10,13-14,22H,3-5,11-12,15-16H2,1-2H3,(H,27,32)(H,28,31). The Morgan fingerprint density at radius 3 is 2.71 bits per heavy atom. The van der Waals surface area contributed by atoms with E-state index in [0.717, 1.165) is 48.0 Å². The largest absolute Gasteiger partial charge is 0.496 e. The molecule has 184 valence electrons. The van der Waals surface area contributed by atoms with E-state index in [-0.39, 0.29) is 24.1 Å². The fourth-order valence-electron chi connectivity index (χ4n) is 4.11. The summed E-state index contributed by atoms with van der Waals surface area (Å²) in [6.45, 7) is 4.13. The van der Waals surface area contributed by atoms with Crippen LogP contribution in [0.1, 0.15) is 47.2 Å². The van der Waals surface area contributed by atoms with Crippen LogP contribution in [0.5, 0.6) is 5.75 Å². The first-order chi connectivity index (χ1) is 16.9. The van der Waals surface area contributed by atoms with E-state index in [2.05, 4.69) is 20.5 Å². The number of rotatable bonds is 7. The molecule has 35 heavy (non-hydrogen) atoms. The summed E-state index contributed by atoms with van der Waals surface area (Å²) in [4.78, 5) is 43.9. The molecular formula is C26H30N4O4S. The molecule has 1 saturated heterocycles. The molecule has 3 amide bonds. The van der Waals surface area contributed by atoms with Gasteiger partial charge in [0.2, 0.25) is 5.91 Å². The lowest BCUT2D eigenvalue weighted by Gasteiger charge is -2.27. The minimum Gasteiger partial charge on any atom is -0.496 e. The highest BCUT2D eigenvalue weighted by molar-refractivity contribution is 8.15. The minimum absolute atomic E-state index is 0.0377. The third kappa shape index (κ3) is 6.42. The summed E-state index contributed by atoms with van der Waals surface area (Å²) < 4.78 is 5.34. The fraction of sp³-hybridized carbons (Fsp3) is 0.385. The zero-order valence-corrected chi connectivity index (χ0v) is 20.8. The molecular weight excluding hydrogens is 464 g/mol. The van der Waals surface area contributed by atoms with Crippen LogP contribution in [-0.2, 0) is 16.1 Å². The highest BCUT2D eigenvalue weighted by Gasteiger charge is 2.33. The lowest BCUT2D eigenvalue weighted by atomic mass is 10.1. The Bertz CT molecular complexity index is 1140. The second kappa shape index (κ2) is 11.4. The maximum absolute atomic E-state index is 12.7. The molecule has 2 aromatic rings. The van der Waals surface area contributed by atoms with Gasteiger partial charge in [0.05, 0.1) is 7.11 Å². The average molecular weight is 495 g/mol. The summed E-state index contributed by atoms with van der Waals surface area (Å²) in [5.41, 5.74) is 2.89. The molecule has 2 aromatic carbocycles. The summed E-state index contributed by atoms with van der Waals surface area (Å²) >= 11 is 1.37. The van der Waals surface area contributed by atoms with Gasteiger partial charge in [-0.1, -0.05) is 30.0 Å². The third-order valence-corrected chi connectivity index (χ3v) is 7.27. The molecule has 0 bridgehead atoms. The van der Waals surface area contributed by atoms with Gasteiger partial charge < -0.3 is 20.3 Å². The van der Waals surface area contributed by atoms with Crippen LogP contribution < -0.4 is 15.4 Å². The predicted molar refractivity (Wildman–Crippen MR) is 138 cm³/mol. The molecule has 0 spiro atoms. The molecule has 0 aromatic heterocycles. The number of carbonyl (C=O) groups excluding carboxylic acids is 3. The summed E-state index contributed by atoms with van der Waals surface area (Å²) in [6, 6.07) is 12.5. The van der Waals surface area contributed by atoms with E-state index in [1.807, 2.05) is 25.1 Å². The van der Waals surface area contributed by atoms with Gasteiger partial charge in [-0.2, -0.15) is 4.99 Å². The first-order valence-corrected chi connectivity index (χ1v) is 12.7. The summed E-state index contributed by atoms with van der Waals surface area (Å²) in [7, 11) is 1.62. The van der Waals surface area contributed by atoms with Crippen LogP contribution in [0.3, 0.4) is 0 Å². The van der Waals surface area contributed by atoms with Crippen LogP contribution in [-0.4, -0.2) is 53.2 Å². The molecule has 2 aliphatic heterocycles. The van der Waals surface area contributed by atoms with Crippen molar-refractivity contribution in [2.75, 3.05) is 25.5 Å². The number of aliphatic imine (C=N–C) groups is 1. The molecule has 2 heterocycles. The number of piperidine rings is 1. The smallest absolute Gasteiger partial charge is 0.262 e. The monoisotopic (exact) mass is 494 g/mol. The van der Waals surface area contributed by atoms with Crippen molar-refractivity contribution in [3.63, 3.8) is 0 Å². The van der Waals surface area contributed by atoms with Gasteiger partial charge in [0, 0.05) is 37.3 Å². The average Bonchev–Trinajstić information content (AvgIpc) is 3.23. The lowest BCUT2D eigenvalue weighted by Crippen LogP contribution is -2.33.